The van der Waals surface area contributed by atoms with Gasteiger partial charge in [0.15, 0.2) is 0 Å². The maximum Gasteiger partial charge on any atom is 0.0435 e. The van der Waals surface area contributed by atoms with Crippen LogP contribution in [0.5, 0.6) is 0 Å². The average molecular weight is 264 g/mol. The van der Waals surface area contributed by atoms with E-state index in [2.05, 4.69) is 30.3 Å². The molecule has 0 atom stereocenters. The molecule has 88 valence electrons. The van der Waals surface area contributed by atoms with Gasteiger partial charge in [-0.05, 0) is 48.4 Å². The Morgan fingerprint density at radius 3 is 2.29 bits per heavy atom. The first-order chi connectivity index (χ1) is 8.19. The molecule has 2 N–H and O–H groups in total. The number of nitrogens with two attached hydrogens (primary N) is 1. The summed E-state index contributed by atoms with van der Waals surface area (Å²) in [6.07, 6.45) is 0. The van der Waals surface area contributed by atoms with E-state index in [1.807, 2.05) is 19.1 Å². The monoisotopic (exact) mass is 263 g/mol. The van der Waals surface area contributed by atoms with Crippen LogP contribution in [0.15, 0.2) is 52.3 Å². The maximum absolute atomic E-state index is 6.00. The Morgan fingerprint density at radius 2 is 1.71 bits per heavy atom. The highest BCUT2D eigenvalue weighted by Gasteiger charge is 2.00. The van der Waals surface area contributed by atoms with E-state index in [0.717, 1.165) is 16.1 Å². The van der Waals surface area contributed by atoms with Crippen LogP contribution >= 0.6 is 23.4 Å². The van der Waals surface area contributed by atoms with Crippen LogP contribution in [0.3, 0.4) is 0 Å². The Bertz CT molecular complexity index is 508. The summed E-state index contributed by atoms with van der Waals surface area (Å²) in [6, 6.07) is 14.4. The van der Waals surface area contributed by atoms with Gasteiger partial charge in [-0.25, -0.2) is 0 Å². The summed E-state index contributed by atoms with van der Waals surface area (Å²) < 4.78 is 0. The second-order valence-electron chi connectivity index (χ2n) is 3.86. The summed E-state index contributed by atoms with van der Waals surface area (Å²) in [5.74, 6) is 0. The number of benzene rings is 2. The smallest absolute Gasteiger partial charge is 0.0435 e. The normalized spacial score (nSPS) is 10.5. The Hall–Kier alpha value is -0.960. The molecule has 2 aromatic carbocycles. The Labute approximate surface area is 111 Å². The third-order valence-electron chi connectivity index (χ3n) is 2.52. The standard InChI is InChI=1S/C14H14ClNS/c1-10-8-13(6-7-14(10)15)17-12-4-2-11(9-16)3-5-12/h2-8H,9,16H2,1H3. The van der Waals surface area contributed by atoms with Crippen LogP contribution in [0.25, 0.3) is 0 Å². The third kappa shape index (κ3) is 3.25. The van der Waals surface area contributed by atoms with Gasteiger partial charge in [-0.1, -0.05) is 35.5 Å². The Balaban J connectivity index is 2.16. The summed E-state index contributed by atoms with van der Waals surface area (Å²) in [4.78, 5) is 2.41. The zero-order chi connectivity index (χ0) is 12.3. The minimum atomic E-state index is 0.588. The molecule has 1 nitrogen and oxygen atoms in total. The second-order valence-corrected chi connectivity index (χ2v) is 5.42. The minimum Gasteiger partial charge on any atom is -0.326 e. The van der Waals surface area contributed by atoms with Crippen LogP contribution in [0, 0.1) is 6.92 Å². The molecule has 0 bridgehead atoms. The highest BCUT2D eigenvalue weighted by Crippen LogP contribution is 2.30. The molecular weight excluding hydrogens is 250 g/mol. The molecule has 0 fully saturated rings. The van der Waals surface area contributed by atoms with Crippen molar-refractivity contribution in [1.82, 2.24) is 0 Å². The van der Waals surface area contributed by atoms with Crippen LogP contribution in [-0.4, -0.2) is 0 Å². The first-order valence-electron chi connectivity index (χ1n) is 5.42. The predicted molar refractivity (Wildman–Crippen MR) is 74.6 cm³/mol. The molecule has 0 saturated heterocycles. The molecule has 0 aromatic heterocycles. The van der Waals surface area contributed by atoms with Crippen molar-refractivity contribution in [3.8, 4) is 0 Å². The highest BCUT2D eigenvalue weighted by atomic mass is 35.5. The highest BCUT2D eigenvalue weighted by molar-refractivity contribution is 7.99. The Morgan fingerprint density at radius 1 is 1.06 bits per heavy atom. The van der Waals surface area contributed by atoms with Crippen LogP contribution < -0.4 is 5.73 Å². The van der Waals surface area contributed by atoms with E-state index in [0.29, 0.717) is 6.54 Å². The molecule has 0 radical (unpaired) electrons. The molecule has 0 spiro atoms. The van der Waals surface area contributed by atoms with E-state index in [-0.39, 0.29) is 0 Å². The molecular formula is C14H14ClNS. The third-order valence-corrected chi connectivity index (χ3v) is 3.95. The van der Waals surface area contributed by atoms with Crippen LogP contribution in [0.2, 0.25) is 5.02 Å². The van der Waals surface area contributed by atoms with Gasteiger partial charge in [-0.2, -0.15) is 0 Å². The summed E-state index contributed by atoms with van der Waals surface area (Å²) in [5, 5.41) is 0.813. The van der Waals surface area contributed by atoms with E-state index in [4.69, 9.17) is 17.3 Å². The molecule has 0 saturated carbocycles. The minimum absolute atomic E-state index is 0.588. The Kier molecular flexibility index (Phi) is 4.11. The molecule has 0 aliphatic heterocycles. The van der Waals surface area contributed by atoms with Gasteiger partial charge in [-0.3, -0.25) is 0 Å². The fourth-order valence-corrected chi connectivity index (χ4v) is 2.54. The van der Waals surface area contributed by atoms with Gasteiger partial charge < -0.3 is 5.73 Å². The number of hydrogen-bond acceptors (Lipinski definition) is 2. The molecule has 0 unspecified atom stereocenters. The number of aryl methyl sites for hydroxylation is 1. The van der Waals surface area contributed by atoms with Crippen molar-refractivity contribution >= 4 is 23.4 Å². The van der Waals surface area contributed by atoms with Crippen molar-refractivity contribution in [2.75, 3.05) is 0 Å². The fraction of sp³-hybridized carbons (Fsp3) is 0.143. The van der Waals surface area contributed by atoms with Crippen molar-refractivity contribution < 1.29 is 0 Å². The van der Waals surface area contributed by atoms with Crippen molar-refractivity contribution in [2.45, 2.75) is 23.3 Å². The van der Waals surface area contributed by atoms with Gasteiger partial charge in [0.1, 0.15) is 0 Å². The molecule has 0 amide bonds. The van der Waals surface area contributed by atoms with Crippen molar-refractivity contribution in [3.63, 3.8) is 0 Å². The zero-order valence-electron chi connectivity index (χ0n) is 9.61. The van der Waals surface area contributed by atoms with Crippen molar-refractivity contribution in [1.29, 1.82) is 0 Å². The van der Waals surface area contributed by atoms with Gasteiger partial charge in [0.25, 0.3) is 0 Å². The predicted octanol–water partition coefficient (Wildman–Crippen LogP) is 4.26. The summed E-state index contributed by atoms with van der Waals surface area (Å²) in [7, 11) is 0. The van der Waals surface area contributed by atoms with Gasteiger partial charge in [0, 0.05) is 21.4 Å². The number of hydrogen-bond donors (Lipinski definition) is 1. The first-order valence-corrected chi connectivity index (χ1v) is 6.61. The molecule has 0 aliphatic carbocycles. The zero-order valence-corrected chi connectivity index (χ0v) is 11.2. The number of halogens is 1. The lowest BCUT2D eigenvalue weighted by atomic mass is 10.2. The molecule has 2 aromatic rings. The maximum atomic E-state index is 6.00. The van der Waals surface area contributed by atoms with Gasteiger partial charge in [0.05, 0.1) is 0 Å². The largest absolute Gasteiger partial charge is 0.326 e. The molecule has 0 aliphatic rings. The molecule has 17 heavy (non-hydrogen) atoms. The summed E-state index contributed by atoms with van der Waals surface area (Å²) in [6.45, 7) is 2.61. The van der Waals surface area contributed by atoms with Crippen molar-refractivity contribution in [2.24, 2.45) is 5.73 Å². The number of rotatable bonds is 3. The van der Waals surface area contributed by atoms with Gasteiger partial charge >= 0.3 is 0 Å². The fourth-order valence-electron chi connectivity index (χ4n) is 1.51. The summed E-state index contributed by atoms with van der Waals surface area (Å²) in [5.41, 5.74) is 7.83. The van der Waals surface area contributed by atoms with Crippen LogP contribution in [0.4, 0.5) is 0 Å². The van der Waals surface area contributed by atoms with Gasteiger partial charge in [-0.15, -0.1) is 0 Å². The molecule has 0 heterocycles. The van der Waals surface area contributed by atoms with Crippen molar-refractivity contribution in [3.05, 3.63) is 58.6 Å². The SMILES string of the molecule is Cc1cc(Sc2ccc(CN)cc2)ccc1Cl. The first kappa shape index (κ1) is 12.5. The lowest BCUT2D eigenvalue weighted by Crippen LogP contribution is -1.94. The van der Waals surface area contributed by atoms with E-state index in [1.165, 1.54) is 9.79 Å². The second kappa shape index (κ2) is 5.58. The van der Waals surface area contributed by atoms with Gasteiger partial charge in [0.2, 0.25) is 0 Å². The summed E-state index contributed by atoms with van der Waals surface area (Å²) >= 11 is 7.73. The van der Waals surface area contributed by atoms with E-state index < -0.39 is 0 Å². The van der Waals surface area contributed by atoms with E-state index in [9.17, 15) is 0 Å². The quantitative estimate of drug-likeness (QED) is 0.896. The average Bonchev–Trinajstić information content (AvgIpc) is 2.35. The lowest BCUT2D eigenvalue weighted by molar-refractivity contribution is 1.07. The van der Waals surface area contributed by atoms with Crippen LogP contribution in [-0.2, 0) is 6.54 Å². The lowest BCUT2D eigenvalue weighted by Gasteiger charge is -2.05. The van der Waals surface area contributed by atoms with Crippen LogP contribution in [0.1, 0.15) is 11.1 Å². The molecule has 2 rings (SSSR count). The van der Waals surface area contributed by atoms with E-state index in [1.54, 1.807) is 11.8 Å². The van der Waals surface area contributed by atoms with E-state index >= 15 is 0 Å². The molecule has 3 heteroatoms. The topological polar surface area (TPSA) is 26.0 Å².